The van der Waals surface area contributed by atoms with Gasteiger partial charge in [-0.05, 0) is 0 Å². The third kappa shape index (κ3) is 286. The average Bonchev–Trinajstić information content (AvgIpc) is 1.41. The minimum atomic E-state index is -6.00. The van der Waals surface area contributed by atoms with Crippen molar-refractivity contribution >= 4 is 0 Å². The van der Waals surface area contributed by atoms with Crippen LogP contribution in [0, 0.1) is 149 Å². The Balaban J connectivity index is -0.0000000206. The molecule has 0 amide bonds. The van der Waals surface area contributed by atoms with Crippen LogP contribution >= 0.6 is 0 Å². The van der Waals surface area contributed by atoms with Gasteiger partial charge in [-0.1, -0.05) is 0 Å². The molecule has 0 bridgehead atoms. The van der Waals surface area contributed by atoms with Crippen molar-refractivity contribution in [3.63, 3.8) is 0 Å². The van der Waals surface area contributed by atoms with E-state index in [0.29, 0.717) is 0 Å². The van der Waals surface area contributed by atoms with Gasteiger partial charge in [0.2, 0.25) is 0 Å². The summed E-state index contributed by atoms with van der Waals surface area (Å²) in [6.45, 7) is 0. The maximum atomic E-state index is 8.62. The zero-order valence-electron chi connectivity index (χ0n) is 7.55. The normalized spacial score (nSPS) is 9.47. The Bertz CT molecular complexity index is 100.0. The van der Waals surface area contributed by atoms with Crippen LogP contribution in [0.4, 0.5) is 0 Å². The molecule has 0 saturated heterocycles. The molecule has 0 aliphatic rings. The summed E-state index contributed by atoms with van der Waals surface area (Å²) in [5.41, 5.74) is 0. The summed E-state index contributed by atoms with van der Waals surface area (Å²) >= 11 is -18.0. The first-order valence-electron chi connectivity index (χ1n) is 2.45. The van der Waals surface area contributed by atoms with Crippen LogP contribution < -0.4 is 44.3 Å². The van der Waals surface area contributed by atoms with Crippen molar-refractivity contribution in [1.29, 1.82) is 0 Å². The van der Waals surface area contributed by atoms with E-state index in [1.807, 2.05) is 0 Å². The van der Waals surface area contributed by atoms with E-state index >= 15 is 0 Å². The number of hydrogen-bond acceptors (Lipinski definition) is 12. The predicted octanol–water partition coefficient (Wildman–Crippen LogP) is -14.3. The second kappa shape index (κ2) is 22.7. The Morgan fingerprint density at radius 1 is 0.263 bits per heavy atom. The molecule has 0 aromatic rings. The summed E-state index contributed by atoms with van der Waals surface area (Å²) in [7, 11) is 0. The standard InChI is InChI=1S/4Er.12O.3Ti/q4*+3;12*-1;;;. The van der Waals surface area contributed by atoms with Crippen LogP contribution in [0.5, 0.6) is 0 Å². The van der Waals surface area contributed by atoms with Crippen LogP contribution in [0.1, 0.15) is 0 Å². The van der Waals surface area contributed by atoms with Crippen LogP contribution in [-0.4, -0.2) is 0 Å². The molecule has 12 nitrogen and oxygen atoms in total. The molecule has 0 aliphatic carbocycles. The summed E-state index contributed by atoms with van der Waals surface area (Å²) in [6, 6.07) is 0. The van der Waals surface area contributed by atoms with Crippen molar-refractivity contribution in [3.8, 4) is 0 Å². The molecule has 0 fully saturated rings. The molecular weight excluding hydrogens is 1000 g/mol. The summed E-state index contributed by atoms with van der Waals surface area (Å²) in [4.78, 5) is 0. The van der Waals surface area contributed by atoms with E-state index in [1.54, 1.807) is 0 Å². The van der Waals surface area contributed by atoms with Gasteiger partial charge in [-0.2, -0.15) is 0 Å². The van der Waals surface area contributed by atoms with Crippen molar-refractivity contribution < 1.29 is 248 Å². The quantitative estimate of drug-likeness (QED) is 0.205. The van der Waals surface area contributed by atoms with Crippen LogP contribution in [0.2, 0.25) is 0 Å². The molecule has 4 radical (unpaired) electrons. The third-order valence-electron chi connectivity index (χ3n) is 0. The Morgan fingerprint density at radius 2 is 0.263 bits per heavy atom. The van der Waals surface area contributed by atoms with Gasteiger partial charge in [-0.15, -0.1) is 0 Å². The van der Waals surface area contributed by atoms with E-state index in [0.717, 1.165) is 0 Å². The topological polar surface area (TPSA) is 277 Å². The van der Waals surface area contributed by atoms with Gasteiger partial charge in [0.15, 0.2) is 0 Å². The number of rotatable bonds is 0. The van der Waals surface area contributed by atoms with E-state index < -0.39 is 54.4 Å². The first kappa shape index (κ1) is 44.8. The minimum absolute atomic E-state index is 0. The van der Waals surface area contributed by atoms with Gasteiger partial charge in [0, 0.05) is 0 Å². The fourth-order valence-corrected chi connectivity index (χ4v) is 0. The maximum absolute atomic E-state index is 8.62. The van der Waals surface area contributed by atoms with Gasteiger partial charge in [-0.3, -0.25) is 0 Å². The molecule has 19 heavy (non-hydrogen) atoms. The van der Waals surface area contributed by atoms with Crippen molar-refractivity contribution in [2.24, 2.45) is 0 Å². The molecular formula is Er4O12Ti3. The van der Waals surface area contributed by atoms with Gasteiger partial charge in [0.25, 0.3) is 0 Å². The first-order valence-corrected chi connectivity index (χ1v) is 10.1. The van der Waals surface area contributed by atoms with E-state index in [1.165, 1.54) is 0 Å². The molecule has 0 aliphatic heterocycles. The Labute approximate surface area is 241 Å². The van der Waals surface area contributed by atoms with Crippen LogP contribution in [0.25, 0.3) is 0 Å². The molecule has 0 rings (SSSR count). The fraction of sp³-hybridized carbons (Fsp3) is 0. The van der Waals surface area contributed by atoms with Crippen LogP contribution in [-0.2, 0) is 54.4 Å². The molecule has 0 N–H and O–H groups in total. The van der Waals surface area contributed by atoms with Crippen LogP contribution in [0.3, 0.4) is 0 Å². The molecule has 0 spiro atoms. The van der Waals surface area contributed by atoms with Gasteiger partial charge in [0.05, 0.1) is 0 Å². The second-order valence-electron chi connectivity index (χ2n) is 1.50. The zero-order chi connectivity index (χ0) is 13.5. The monoisotopic (exact) mass is 1000 g/mol. The van der Waals surface area contributed by atoms with E-state index in [-0.39, 0.29) is 149 Å². The molecule has 132 valence electrons. The molecule has 0 atom stereocenters. The SMILES string of the molecule is [Er+3].[Er+3].[Er+3].[Er+3].[O-][Ti]([O-])([O-])[O-].[O-][Ti]([O-])([O-])[O-].[O-][Ti]([O-])([O-])[O-]. The number of hydrogen-bond donors (Lipinski definition) is 0. The molecule has 0 heterocycles. The summed E-state index contributed by atoms with van der Waals surface area (Å²) in [5.74, 6) is 0. The first-order chi connectivity index (χ1) is 6.00. The Kier molecular flexibility index (Phi) is 53.5. The Morgan fingerprint density at radius 3 is 0.263 bits per heavy atom. The van der Waals surface area contributed by atoms with Crippen molar-refractivity contribution in [3.05, 3.63) is 0 Å². The van der Waals surface area contributed by atoms with Crippen molar-refractivity contribution in [1.82, 2.24) is 0 Å². The van der Waals surface area contributed by atoms with Crippen molar-refractivity contribution in [2.75, 3.05) is 0 Å². The third-order valence-corrected chi connectivity index (χ3v) is 0. The van der Waals surface area contributed by atoms with E-state index in [9.17, 15) is 0 Å². The second-order valence-corrected chi connectivity index (χ2v) is 6.18. The molecule has 0 unspecified atom stereocenters. The molecule has 0 saturated carbocycles. The van der Waals surface area contributed by atoms with Gasteiger partial charge < -0.3 is 0 Å². The summed E-state index contributed by atoms with van der Waals surface area (Å²) < 4.78 is 104. The van der Waals surface area contributed by atoms with Crippen LogP contribution in [0.15, 0.2) is 0 Å². The summed E-state index contributed by atoms with van der Waals surface area (Å²) in [5, 5.41) is 0. The van der Waals surface area contributed by atoms with Crippen molar-refractivity contribution in [2.45, 2.75) is 0 Å². The predicted molar refractivity (Wildman–Crippen MR) is 0 cm³/mol. The summed E-state index contributed by atoms with van der Waals surface area (Å²) in [6.07, 6.45) is 0. The van der Waals surface area contributed by atoms with E-state index in [4.69, 9.17) is 44.3 Å². The van der Waals surface area contributed by atoms with E-state index in [2.05, 4.69) is 0 Å². The molecule has 19 heteroatoms. The van der Waals surface area contributed by atoms with Gasteiger partial charge in [0.1, 0.15) is 0 Å². The Hall–Kier alpha value is 6.65. The zero-order valence-corrected chi connectivity index (χ0v) is 19.6. The molecule has 0 aromatic heterocycles. The van der Waals surface area contributed by atoms with Gasteiger partial charge in [-0.25, -0.2) is 0 Å². The fourth-order valence-electron chi connectivity index (χ4n) is 0. The average molecular weight is 1000 g/mol. The van der Waals surface area contributed by atoms with Gasteiger partial charge >= 0.3 is 248 Å². The molecule has 0 aromatic carbocycles.